The van der Waals surface area contributed by atoms with Gasteiger partial charge in [0, 0.05) is 10.8 Å². The van der Waals surface area contributed by atoms with Crippen LogP contribution in [0.15, 0.2) is 41.4 Å². The molecule has 0 saturated carbocycles. The number of rotatable bonds is 4. The Kier molecular flexibility index (Phi) is 3.79. The fourth-order valence-corrected chi connectivity index (χ4v) is 2.75. The molecule has 21 heavy (non-hydrogen) atoms. The maximum Gasteiger partial charge on any atom is 0.185 e. The third-order valence-corrected chi connectivity index (χ3v) is 3.87. The molecule has 0 atom stereocenters. The molecule has 2 heterocycles. The summed E-state index contributed by atoms with van der Waals surface area (Å²) in [5.41, 5.74) is 1.71. The second kappa shape index (κ2) is 5.73. The van der Waals surface area contributed by atoms with E-state index in [2.05, 4.69) is 29.1 Å². The van der Waals surface area contributed by atoms with Crippen molar-refractivity contribution in [2.24, 2.45) is 0 Å². The Bertz CT molecular complexity index is 752. The molecule has 0 aliphatic rings. The number of hydrogen-bond donors (Lipinski definition) is 0. The van der Waals surface area contributed by atoms with E-state index in [1.807, 2.05) is 36.4 Å². The molecule has 3 aromatic rings. The van der Waals surface area contributed by atoms with Gasteiger partial charge in [0.05, 0.1) is 7.11 Å². The summed E-state index contributed by atoms with van der Waals surface area (Å²) in [5, 5.41) is 14.5. The molecule has 0 saturated heterocycles. The normalized spacial score (nSPS) is 11.2. The fourth-order valence-electron chi connectivity index (χ4n) is 2.00. The highest BCUT2D eigenvalue weighted by Gasteiger charge is 2.11. The summed E-state index contributed by atoms with van der Waals surface area (Å²) >= 11 is 1.72. The van der Waals surface area contributed by atoms with Gasteiger partial charge in [0.15, 0.2) is 11.5 Å². The van der Waals surface area contributed by atoms with E-state index in [1.165, 1.54) is 0 Å². The van der Waals surface area contributed by atoms with Crippen LogP contribution in [0.4, 0.5) is 0 Å². The molecule has 0 spiro atoms. The van der Waals surface area contributed by atoms with Gasteiger partial charge in [-0.1, -0.05) is 13.8 Å². The van der Waals surface area contributed by atoms with Crippen molar-refractivity contribution in [1.29, 1.82) is 0 Å². The van der Waals surface area contributed by atoms with Crippen LogP contribution in [-0.4, -0.2) is 32.2 Å². The summed E-state index contributed by atoms with van der Waals surface area (Å²) in [6.07, 6.45) is 0. The van der Waals surface area contributed by atoms with Crippen molar-refractivity contribution in [3.63, 3.8) is 0 Å². The van der Waals surface area contributed by atoms with Crippen LogP contribution in [0.5, 0.6) is 5.75 Å². The highest BCUT2D eigenvalue weighted by molar-refractivity contribution is 7.99. The molecule has 0 aliphatic heterocycles. The average molecular weight is 300 g/mol. The van der Waals surface area contributed by atoms with Crippen LogP contribution in [-0.2, 0) is 0 Å². The number of benzene rings is 1. The Labute approximate surface area is 127 Å². The van der Waals surface area contributed by atoms with Crippen LogP contribution in [0.1, 0.15) is 13.8 Å². The van der Waals surface area contributed by atoms with E-state index < -0.39 is 0 Å². The number of ether oxygens (including phenoxy) is 1. The predicted octanol–water partition coefficient (Wildman–Crippen LogP) is 3.30. The minimum absolute atomic E-state index is 0.482. The van der Waals surface area contributed by atoms with Crippen molar-refractivity contribution < 1.29 is 4.74 Å². The van der Waals surface area contributed by atoms with Crippen LogP contribution >= 0.6 is 11.8 Å². The van der Waals surface area contributed by atoms with Gasteiger partial charge in [0.25, 0.3) is 0 Å². The summed E-state index contributed by atoms with van der Waals surface area (Å²) in [6, 6.07) is 11.6. The van der Waals surface area contributed by atoms with Gasteiger partial charge in [-0.05, 0) is 36.4 Å². The second-order valence-electron chi connectivity index (χ2n) is 4.86. The van der Waals surface area contributed by atoms with Crippen molar-refractivity contribution in [2.75, 3.05) is 7.11 Å². The fraction of sp³-hybridized carbons (Fsp3) is 0.267. The number of aromatic nitrogens is 4. The zero-order valence-electron chi connectivity index (χ0n) is 12.1. The molecule has 0 N–H and O–H groups in total. The number of methoxy groups -OCH3 is 1. The SMILES string of the molecule is COc1ccc(-c2nnc3ccc(SC(C)C)nn23)cc1. The van der Waals surface area contributed by atoms with Crippen LogP contribution in [0.2, 0.25) is 0 Å². The van der Waals surface area contributed by atoms with E-state index in [0.29, 0.717) is 5.25 Å². The lowest BCUT2D eigenvalue weighted by molar-refractivity contribution is 0.415. The standard InChI is InChI=1S/C15H16N4OS/c1-10(2)21-14-9-8-13-16-17-15(19(13)18-14)11-4-6-12(20-3)7-5-11/h4-10H,1-3H3. The van der Waals surface area contributed by atoms with Crippen molar-refractivity contribution >= 4 is 17.4 Å². The maximum absolute atomic E-state index is 5.18. The van der Waals surface area contributed by atoms with Crippen LogP contribution in [0, 0.1) is 0 Å². The molecular formula is C15H16N4OS. The Morgan fingerprint density at radius 3 is 2.48 bits per heavy atom. The molecule has 0 bridgehead atoms. The zero-order chi connectivity index (χ0) is 14.8. The number of hydrogen-bond acceptors (Lipinski definition) is 5. The van der Waals surface area contributed by atoms with Crippen molar-refractivity contribution in [3.8, 4) is 17.1 Å². The van der Waals surface area contributed by atoms with Gasteiger partial charge in [0.2, 0.25) is 0 Å². The lowest BCUT2D eigenvalue weighted by Gasteiger charge is -2.05. The Morgan fingerprint density at radius 2 is 1.81 bits per heavy atom. The van der Waals surface area contributed by atoms with E-state index in [9.17, 15) is 0 Å². The molecule has 6 heteroatoms. The number of fused-ring (bicyclic) bond motifs is 1. The Hall–Kier alpha value is -2.08. The first-order chi connectivity index (χ1) is 10.2. The minimum Gasteiger partial charge on any atom is -0.497 e. The minimum atomic E-state index is 0.482. The molecule has 3 rings (SSSR count). The van der Waals surface area contributed by atoms with E-state index in [-0.39, 0.29) is 0 Å². The third-order valence-electron chi connectivity index (χ3n) is 2.94. The van der Waals surface area contributed by atoms with Gasteiger partial charge in [-0.15, -0.1) is 22.0 Å². The molecule has 1 aromatic carbocycles. The monoisotopic (exact) mass is 300 g/mol. The predicted molar refractivity (Wildman–Crippen MR) is 83.8 cm³/mol. The van der Waals surface area contributed by atoms with Gasteiger partial charge in [-0.25, -0.2) is 0 Å². The van der Waals surface area contributed by atoms with E-state index >= 15 is 0 Å². The maximum atomic E-state index is 5.18. The first-order valence-corrected chi connectivity index (χ1v) is 7.59. The van der Waals surface area contributed by atoms with E-state index in [4.69, 9.17) is 4.74 Å². The van der Waals surface area contributed by atoms with E-state index in [1.54, 1.807) is 23.4 Å². The molecule has 5 nitrogen and oxygen atoms in total. The summed E-state index contributed by atoms with van der Waals surface area (Å²) in [4.78, 5) is 0. The van der Waals surface area contributed by atoms with Crippen LogP contribution < -0.4 is 4.74 Å². The smallest absolute Gasteiger partial charge is 0.185 e. The van der Waals surface area contributed by atoms with Crippen molar-refractivity contribution in [2.45, 2.75) is 24.1 Å². The Morgan fingerprint density at radius 1 is 1.05 bits per heavy atom. The zero-order valence-corrected chi connectivity index (χ0v) is 13.0. The first kappa shape index (κ1) is 13.9. The molecular weight excluding hydrogens is 284 g/mol. The summed E-state index contributed by atoms with van der Waals surface area (Å²) in [7, 11) is 1.65. The summed E-state index contributed by atoms with van der Waals surface area (Å²) in [6.45, 7) is 4.29. The summed E-state index contributed by atoms with van der Waals surface area (Å²) < 4.78 is 6.96. The molecule has 0 radical (unpaired) electrons. The van der Waals surface area contributed by atoms with Gasteiger partial charge in [0.1, 0.15) is 10.8 Å². The van der Waals surface area contributed by atoms with Gasteiger partial charge < -0.3 is 4.74 Å². The highest BCUT2D eigenvalue weighted by atomic mass is 32.2. The van der Waals surface area contributed by atoms with Crippen LogP contribution in [0.3, 0.4) is 0 Å². The summed E-state index contributed by atoms with van der Waals surface area (Å²) in [5.74, 6) is 1.55. The van der Waals surface area contributed by atoms with Crippen molar-refractivity contribution in [3.05, 3.63) is 36.4 Å². The average Bonchev–Trinajstić information content (AvgIpc) is 2.90. The highest BCUT2D eigenvalue weighted by Crippen LogP contribution is 2.24. The van der Waals surface area contributed by atoms with Gasteiger partial charge >= 0.3 is 0 Å². The molecule has 0 fully saturated rings. The number of nitrogens with zero attached hydrogens (tertiary/aromatic N) is 4. The van der Waals surface area contributed by atoms with Gasteiger partial charge in [-0.2, -0.15) is 9.61 Å². The van der Waals surface area contributed by atoms with Crippen LogP contribution in [0.25, 0.3) is 17.0 Å². The molecule has 0 amide bonds. The quantitative estimate of drug-likeness (QED) is 0.692. The molecule has 0 aliphatic carbocycles. The first-order valence-electron chi connectivity index (χ1n) is 6.71. The van der Waals surface area contributed by atoms with Crippen molar-refractivity contribution in [1.82, 2.24) is 19.8 Å². The molecule has 2 aromatic heterocycles. The topological polar surface area (TPSA) is 52.3 Å². The second-order valence-corrected chi connectivity index (χ2v) is 6.46. The Balaban J connectivity index is 2.04. The van der Waals surface area contributed by atoms with Gasteiger partial charge in [-0.3, -0.25) is 0 Å². The largest absolute Gasteiger partial charge is 0.497 e. The third kappa shape index (κ3) is 2.85. The number of thioether (sulfide) groups is 1. The lowest BCUT2D eigenvalue weighted by atomic mass is 10.2. The molecule has 0 unspecified atom stereocenters. The van der Waals surface area contributed by atoms with E-state index in [0.717, 1.165) is 27.8 Å². The molecule has 108 valence electrons. The lowest BCUT2D eigenvalue weighted by Crippen LogP contribution is -1.98.